The number of carbonyl (C=O) groups is 2. The first-order chi connectivity index (χ1) is 14.5. The molecular formula is C19H18ClN7O3. The summed E-state index contributed by atoms with van der Waals surface area (Å²) in [4.78, 5) is 35.2. The third-order valence-electron chi connectivity index (χ3n) is 4.91. The Morgan fingerprint density at radius 2 is 1.83 bits per heavy atom. The monoisotopic (exact) mass is 427 g/mol. The van der Waals surface area contributed by atoms with Crippen LogP contribution >= 0.6 is 11.6 Å². The maximum Gasteiger partial charge on any atom is 0.327 e. The minimum Gasteiger partial charge on any atom is -0.480 e. The molecule has 4 rings (SSSR count). The summed E-state index contributed by atoms with van der Waals surface area (Å²) in [5, 5.41) is 20.8. The van der Waals surface area contributed by atoms with Gasteiger partial charge in [0.25, 0.3) is 0 Å². The van der Waals surface area contributed by atoms with E-state index in [1.807, 2.05) is 17.0 Å². The molecule has 0 atom stereocenters. The molecule has 1 aromatic carbocycles. The lowest BCUT2D eigenvalue weighted by Gasteiger charge is -2.31. The van der Waals surface area contributed by atoms with Crippen molar-refractivity contribution in [3.8, 4) is 11.4 Å². The summed E-state index contributed by atoms with van der Waals surface area (Å²) in [5.41, 5.74) is 1.11. The van der Waals surface area contributed by atoms with Crippen LogP contribution in [0, 0.1) is 5.92 Å². The Kier molecular flexibility index (Phi) is 5.66. The molecule has 0 aliphatic carbocycles. The second-order valence-electron chi connectivity index (χ2n) is 6.91. The summed E-state index contributed by atoms with van der Waals surface area (Å²) in [6.07, 6.45) is 4.54. The lowest BCUT2D eigenvalue weighted by atomic mass is 9.89. The number of aromatic nitrogens is 6. The van der Waals surface area contributed by atoms with Crippen molar-refractivity contribution in [1.82, 2.24) is 30.2 Å². The molecule has 30 heavy (non-hydrogen) atoms. The molecule has 0 amide bonds. The van der Waals surface area contributed by atoms with E-state index in [4.69, 9.17) is 16.7 Å². The zero-order valence-corrected chi connectivity index (χ0v) is 16.6. The fraction of sp³-hybridized carbons (Fsp3) is 0.316. The molecule has 1 N–H and O–H groups in total. The van der Waals surface area contributed by atoms with Crippen molar-refractivity contribution in [2.75, 3.05) is 18.0 Å². The van der Waals surface area contributed by atoms with Crippen LogP contribution in [0.15, 0.2) is 36.7 Å². The van der Waals surface area contributed by atoms with Gasteiger partial charge in [0.05, 0.1) is 10.6 Å². The number of Topliss-reactive ketones (excluding diaryl/α,β-unsaturated/α-hetero) is 1. The average molecular weight is 428 g/mol. The van der Waals surface area contributed by atoms with Crippen molar-refractivity contribution in [3.05, 3.63) is 47.2 Å². The number of tetrazole rings is 1. The quantitative estimate of drug-likeness (QED) is 0.587. The van der Waals surface area contributed by atoms with Gasteiger partial charge in [-0.05, 0) is 30.2 Å². The van der Waals surface area contributed by atoms with E-state index in [1.54, 1.807) is 24.5 Å². The van der Waals surface area contributed by atoms with Gasteiger partial charge >= 0.3 is 5.97 Å². The number of aliphatic carboxylic acids is 1. The van der Waals surface area contributed by atoms with Crippen LogP contribution in [0.3, 0.4) is 0 Å². The van der Waals surface area contributed by atoms with E-state index in [0.717, 1.165) is 4.80 Å². The Labute approximate surface area is 176 Å². The summed E-state index contributed by atoms with van der Waals surface area (Å²) in [6.45, 7) is 0.953. The van der Waals surface area contributed by atoms with Crippen LogP contribution in [0.25, 0.3) is 11.4 Å². The molecule has 154 valence electrons. The van der Waals surface area contributed by atoms with E-state index in [-0.39, 0.29) is 24.1 Å². The standard InChI is InChI=1S/C19H18ClN7O3/c20-15-4-2-1-3-14(15)17(30)12-5-7-26(8-6-12)19-21-9-13(10-22-19)18-23-25-27(24-18)11-16(28)29/h1-4,9-10,12H,5-8,11H2,(H,28,29). The highest BCUT2D eigenvalue weighted by Crippen LogP contribution is 2.27. The number of hydrogen-bond donors (Lipinski definition) is 1. The van der Waals surface area contributed by atoms with Crippen molar-refractivity contribution in [2.24, 2.45) is 5.92 Å². The molecule has 1 fully saturated rings. The number of hydrogen-bond acceptors (Lipinski definition) is 8. The third kappa shape index (κ3) is 4.28. The van der Waals surface area contributed by atoms with Gasteiger partial charge in [0.15, 0.2) is 12.3 Å². The van der Waals surface area contributed by atoms with E-state index < -0.39 is 5.97 Å². The first-order valence-corrected chi connectivity index (χ1v) is 9.75. The Bertz CT molecular complexity index is 1060. The number of piperidine rings is 1. The largest absolute Gasteiger partial charge is 0.480 e. The highest BCUT2D eigenvalue weighted by molar-refractivity contribution is 6.34. The maximum absolute atomic E-state index is 12.7. The summed E-state index contributed by atoms with van der Waals surface area (Å²) >= 11 is 6.16. The fourth-order valence-corrected chi connectivity index (χ4v) is 3.60. The van der Waals surface area contributed by atoms with Crippen molar-refractivity contribution in [3.63, 3.8) is 0 Å². The zero-order valence-electron chi connectivity index (χ0n) is 15.8. The van der Waals surface area contributed by atoms with Crippen molar-refractivity contribution in [1.29, 1.82) is 0 Å². The van der Waals surface area contributed by atoms with Crippen LogP contribution in [0.1, 0.15) is 23.2 Å². The van der Waals surface area contributed by atoms with Crippen LogP contribution < -0.4 is 4.90 Å². The molecule has 0 radical (unpaired) electrons. The molecule has 1 aliphatic rings. The molecule has 11 heteroatoms. The number of ketones is 1. The Balaban J connectivity index is 1.38. The number of carbonyl (C=O) groups excluding carboxylic acids is 1. The molecular weight excluding hydrogens is 410 g/mol. The second kappa shape index (κ2) is 8.54. The van der Waals surface area contributed by atoms with E-state index in [1.165, 1.54) is 0 Å². The van der Waals surface area contributed by atoms with Gasteiger partial charge in [-0.2, -0.15) is 4.80 Å². The van der Waals surface area contributed by atoms with Crippen molar-refractivity contribution in [2.45, 2.75) is 19.4 Å². The average Bonchev–Trinajstić information content (AvgIpc) is 3.22. The van der Waals surface area contributed by atoms with Gasteiger partial charge < -0.3 is 10.0 Å². The number of carboxylic acids is 1. The van der Waals surface area contributed by atoms with Crippen LogP contribution in [-0.4, -0.2) is 60.1 Å². The zero-order chi connectivity index (χ0) is 21.1. The van der Waals surface area contributed by atoms with Gasteiger partial charge in [-0.1, -0.05) is 23.7 Å². The van der Waals surface area contributed by atoms with Gasteiger partial charge in [0.2, 0.25) is 11.8 Å². The van der Waals surface area contributed by atoms with Crippen molar-refractivity contribution >= 4 is 29.3 Å². The number of halogens is 1. The second-order valence-corrected chi connectivity index (χ2v) is 7.32. The number of rotatable bonds is 6. The Morgan fingerprint density at radius 1 is 1.13 bits per heavy atom. The third-order valence-corrected chi connectivity index (χ3v) is 5.24. The van der Waals surface area contributed by atoms with Gasteiger partial charge in [-0.3, -0.25) is 9.59 Å². The molecule has 10 nitrogen and oxygen atoms in total. The van der Waals surface area contributed by atoms with E-state index in [0.29, 0.717) is 48.0 Å². The maximum atomic E-state index is 12.7. The van der Waals surface area contributed by atoms with Crippen LogP contribution in [0.5, 0.6) is 0 Å². The topological polar surface area (TPSA) is 127 Å². The Morgan fingerprint density at radius 3 is 2.50 bits per heavy atom. The molecule has 0 spiro atoms. The van der Waals surface area contributed by atoms with Crippen LogP contribution in [-0.2, 0) is 11.3 Å². The van der Waals surface area contributed by atoms with Gasteiger partial charge in [0.1, 0.15) is 0 Å². The summed E-state index contributed by atoms with van der Waals surface area (Å²) in [7, 11) is 0. The molecule has 0 bridgehead atoms. The lowest BCUT2D eigenvalue weighted by molar-refractivity contribution is -0.138. The number of anilines is 1. The van der Waals surface area contributed by atoms with Gasteiger partial charge in [-0.25, -0.2) is 9.97 Å². The number of benzene rings is 1. The first-order valence-electron chi connectivity index (χ1n) is 9.37. The first kappa shape index (κ1) is 19.9. The molecule has 0 saturated carbocycles. The van der Waals surface area contributed by atoms with E-state index in [2.05, 4.69) is 25.4 Å². The highest BCUT2D eigenvalue weighted by atomic mass is 35.5. The smallest absolute Gasteiger partial charge is 0.327 e. The number of carboxylic acid groups (broad SMARTS) is 1. The number of nitrogens with zero attached hydrogens (tertiary/aromatic N) is 7. The fourth-order valence-electron chi connectivity index (χ4n) is 3.37. The lowest BCUT2D eigenvalue weighted by Crippen LogP contribution is -2.37. The molecule has 3 heterocycles. The molecule has 1 saturated heterocycles. The predicted molar refractivity (Wildman–Crippen MR) is 107 cm³/mol. The Hall–Kier alpha value is -3.40. The highest BCUT2D eigenvalue weighted by Gasteiger charge is 2.28. The van der Waals surface area contributed by atoms with Crippen molar-refractivity contribution < 1.29 is 14.7 Å². The van der Waals surface area contributed by atoms with E-state index in [9.17, 15) is 9.59 Å². The predicted octanol–water partition coefficient (Wildman–Crippen LogP) is 1.97. The molecule has 2 aromatic heterocycles. The summed E-state index contributed by atoms with van der Waals surface area (Å²) in [6, 6.07) is 7.12. The minimum absolute atomic E-state index is 0.0751. The van der Waals surface area contributed by atoms with E-state index >= 15 is 0 Å². The minimum atomic E-state index is -1.05. The van der Waals surface area contributed by atoms with Crippen LogP contribution in [0.4, 0.5) is 5.95 Å². The van der Waals surface area contributed by atoms with Crippen LogP contribution in [0.2, 0.25) is 5.02 Å². The van der Waals surface area contributed by atoms with Gasteiger partial charge in [0, 0.05) is 37.0 Å². The summed E-state index contributed by atoms with van der Waals surface area (Å²) in [5.74, 6) is -0.241. The molecule has 3 aromatic rings. The summed E-state index contributed by atoms with van der Waals surface area (Å²) < 4.78 is 0. The SMILES string of the molecule is O=C(O)Cn1nnc(-c2cnc(N3CCC(C(=O)c4ccccc4Cl)CC3)nc2)n1. The molecule has 1 aliphatic heterocycles. The molecule has 0 unspecified atom stereocenters. The normalized spacial score (nSPS) is 14.6. The van der Waals surface area contributed by atoms with Gasteiger partial charge in [-0.15, -0.1) is 10.2 Å².